The smallest absolute Gasteiger partial charge is 0.251 e. The Kier molecular flexibility index (Phi) is 12.9. The Morgan fingerprint density at radius 3 is 1.85 bits per heavy atom. The lowest BCUT2D eigenvalue weighted by atomic mass is 9.79. The first kappa shape index (κ1) is 42.8. The fourth-order valence-corrected chi connectivity index (χ4v) is 9.79. The standard InChI is InChI=1S/C50H56N6O2S2/c1-49(2)24-21-36(34-9-15-40(16-10-34)54(5)6)22-25-51-44-19-13-38(31-42(44)49)47(57)52-26-29-59-60-30-27-53-48(58)39-14-20-45-43(32-39)50(3,4)46-33-37(23-28-56(45)46)35-11-17-41(18-12-35)55(7)8/h9-23,25,28,31-33H,24,26-27,29-30H2,1-8H3,(H2-,51,52,53,57,58)/p+2/b25-22-,36-21+. The van der Waals surface area contributed by atoms with E-state index in [1.165, 1.54) is 39.3 Å². The van der Waals surface area contributed by atoms with Crippen molar-refractivity contribution in [3.05, 3.63) is 155 Å². The van der Waals surface area contributed by atoms with Gasteiger partial charge >= 0.3 is 0 Å². The van der Waals surface area contributed by atoms with Crippen LogP contribution in [0.2, 0.25) is 0 Å². The van der Waals surface area contributed by atoms with Crippen LogP contribution in [-0.4, -0.2) is 64.6 Å². The van der Waals surface area contributed by atoms with Gasteiger partial charge in [-0.05, 0) is 103 Å². The number of quaternary nitrogens is 1. The van der Waals surface area contributed by atoms with E-state index in [2.05, 4.69) is 196 Å². The largest absolute Gasteiger partial charge is 0.378 e. The second-order valence-electron chi connectivity index (χ2n) is 17.1. The first-order valence-corrected chi connectivity index (χ1v) is 23.2. The van der Waals surface area contributed by atoms with Crippen LogP contribution < -0.4 is 30.3 Å². The molecule has 8 nitrogen and oxygen atoms in total. The summed E-state index contributed by atoms with van der Waals surface area (Å²) in [6, 6.07) is 33.8. The molecular weight excluding hydrogens is 781 g/mol. The third kappa shape index (κ3) is 9.36. The Hall–Kier alpha value is -5.29. The molecule has 10 heteroatoms. The molecule has 2 aliphatic heterocycles. The SMILES string of the molecule is CN(C)c1ccc(C2=C/CC(C)(C)c3cc(C(=O)NCCSSCCNC(=O)c4ccc5c(c4)C(C)(C)c4cc(-c6ccc(N(C)C)cc6)cc[n+]4-5)ccc3[NH2+]/C=C\2)cc1. The van der Waals surface area contributed by atoms with Crippen molar-refractivity contribution in [2.75, 3.05) is 62.6 Å². The molecule has 0 atom stereocenters. The molecule has 0 saturated heterocycles. The summed E-state index contributed by atoms with van der Waals surface area (Å²) in [6.45, 7) is 10.1. The van der Waals surface area contributed by atoms with Crippen molar-refractivity contribution in [3.8, 4) is 16.8 Å². The van der Waals surface area contributed by atoms with Crippen molar-refractivity contribution in [1.29, 1.82) is 0 Å². The molecule has 0 unspecified atom stereocenters. The molecule has 0 spiro atoms. The van der Waals surface area contributed by atoms with Crippen molar-refractivity contribution >= 4 is 56.0 Å². The van der Waals surface area contributed by atoms with E-state index in [0.717, 1.165) is 40.4 Å². The van der Waals surface area contributed by atoms with Gasteiger partial charge in [-0.3, -0.25) is 14.9 Å². The average molecular weight is 839 g/mol. The molecule has 0 saturated carbocycles. The average Bonchev–Trinajstić information content (AvgIpc) is 3.50. The zero-order valence-electron chi connectivity index (χ0n) is 36.1. The van der Waals surface area contributed by atoms with Crippen LogP contribution in [0.25, 0.3) is 22.4 Å². The molecule has 7 rings (SSSR count). The Morgan fingerprint density at radius 2 is 1.25 bits per heavy atom. The number of allylic oxidation sites excluding steroid dienone is 3. The third-order valence-electron chi connectivity index (χ3n) is 11.7. The highest BCUT2D eigenvalue weighted by molar-refractivity contribution is 8.76. The Balaban J connectivity index is 0.862. The van der Waals surface area contributed by atoms with Crippen molar-refractivity contribution in [2.24, 2.45) is 0 Å². The summed E-state index contributed by atoms with van der Waals surface area (Å²) in [7, 11) is 11.6. The molecule has 2 amide bonds. The molecule has 0 aliphatic carbocycles. The number of rotatable bonds is 13. The predicted molar refractivity (Wildman–Crippen MR) is 253 cm³/mol. The number of anilines is 2. The van der Waals surface area contributed by atoms with Crippen LogP contribution >= 0.6 is 21.6 Å². The lowest BCUT2D eigenvalue weighted by Gasteiger charge is -2.25. The van der Waals surface area contributed by atoms with Crippen LogP contribution in [0.3, 0.4) is 0 Å². The molecule has 0 fully saturated rings. The van der Waals surface area contributed by atoms with Gasteiger partial charge in [-0.15, -0.1) is 0 Å². The number of benzene rings is 4. The first-order chi connectivity index (χ1) is 28.7. The summed E-state index contributed by atoms with van der Waals surface area (Å²) in [5.74, 6) is 1.41. The number of carbonyl (C=O) groups is 2. The highest BCUT2D eigenvalue weighted by Crippen LogP contribution is 2.40. The van der Waals surface area contributed by atoms with E-state index in [1.807, 2.05) is 12.1 Å². The lowest BCUT2D eigenvalue weighted by Crippen LogP contribution is -2.71. The van der Waals surface area contributed by atoms with E-state index in [9.17, 15) is 9.59 Å². The van der Waals surface area contributed by atoms with E-state index in [1.54, 1.807) is 21.6 Å². The second-order valence-corrected chi connectivity index (χ2v) is 19.8. The molecule has 3 heterocycles. The number of nitrogens with one attached hydrogen (secondary N) is 2. The topological polar surface area (TPSA) is 85.2 Å². The van der Waals surface area contributed by atoms with Crippen LogP contribution in [0.1, 0.15) is 77.2 Å². The Morgan fingerprint density at radius 1 is 0.683 bits per heavy atom. The number of carbonyl (C=O) groups excluding carboxylic acids is 2. The van der Waals surface area contributed by atoms with Gasteiger partial charge in [0.05, 0.1) is 11.6 Å². The van der Waals surface area contributed by atoms with Gasteiger partial charge in [-0.2, -0.15) is 4.57 Å². The van der Waals surface area contributed by atoms with E-state index in [4.69, 9.17) is 0 Å². The van der Waals surface area contributed by atoms with Gasteiger partial charge in [-0.1, -0.05) is 65.8 Å². The number of fused-ring (bicyclic) bond motifs is 4. The summed E-state index contributed by atoms with van der Waals surface area (Å²) in [6.07, 6.45) is 9.59. The van der Waals surface area contributed by atoms with Crippen molar-refractivity contribution in [2.45, 2.75) is 44.9 Å². The molecule has 0 bridgehead atoms. The van der Waals surface area contributed by atoms with Crippen LogP contribution in [0, 0.1) is 0 Å². The zero-order chi connectivity index (χ0) is 42.6. The van der Waals surface area contributed by atoms with E-state index >= 15 is 0 Å². The van der Waals surface area contributed by atoms with Crippen molar-refractivity contribution in [3.63, 3.8) is 0 Å². The van der Waals surface area contributed by atoms with Gasteiger partial charge in [0.2, 0.25) is 5.69 Å². The minimum absolute atomic E-state index is 0.0616. The summed E-state index contributed by atoms with van der Waals surface area (Å²) < 4.78 is 2.25. The molecule has 60 heavy (non-hydrogen) atoms. The number of nitrogens with two attached hydrogens (primary N) is 1. The second kappa shape index (κ2) is 18.1. The van der Waals surface area contributed by atoms with Crippen LogP contribution in [0.4, 0.5) is 17.1 Å². The molecule has 4 N–H and O–H groups in total. The van der Waals surface area contributed by atoms with E-state index in [0.29, 0.717) is 24.2 Å². The quantitative estimate of drug-likeness (QED) is 0.0479. The minimum Gasteiger partial charge on any atom is -0.378 e. The van der Waals surface area contributed by atoms with Crippen molar-refractivity contribution in [1.82, 2.24) is 10.6 Å². The number of pyridine rings is 1. The van der Waals surface area contributed by atoms with Gasteiger partial charge in [-0.25, -0.2) is 0 Å². The number of aromatic nitrogens is 1. The molecule has 0 radical (unpaired) electrons. The maximum atomic E-state index is 13.3. The lowest BCUT2D eigenvalue weighted by molar-refractivity contribution is -0.599. The van der Waals surface area contributed by atoms with Crippen LogP contribution in [-0.2, 0) is 10.8 Å². The number of amides is 2. The number of nitrogens with zero attached hydrogens (tertiary/aromatic N) is 3. The molecular formula is C50H58N6O2S2+2. The van der Waals surface area contributed by atoms with Crippen LogP contribution in [0.15, 0.2) is 122 Å². The fourth-order valence-electron chi connectivity index (χ4n) is 7.98. The third-order valence-corrected chi connectivity index (χ3v) is 14.1. The summed E-state index contributed by atoms with van der Waals surface area (Å²) in [5, 5.41) is 8.37. The summed E-state index contributed by atoms with van der Waals surface area (Å²) in [5.41, 5.74) is 13.8. The van der Waals surface area contributed by atoms with Gasteiger partial charge in [0.25, 0.3) is 11.8 Å². The maximum absolute atomic E-state index is 13.3. The van der Waals surface area contributed by atoms with Gasteiger partial charge in [0, 0.05) is 111 Å². The summed E-state index contributed by atoms with van der Waals surface area (Å²) in [4.78, 5) is 30.8. The minimum atomic E-state index is -0.264. The van der Waals surface area contributed by atoms with Crippen LogP contribution in [0.5, 0.6) is 0 Å². The molecule has 310 valence electrons. The van der Waals surface area contributed by atoms with Gasteiger partial charge in [0.1, 0.15) is 5.69 Å². The Labute approximate surface area is 364 Å². The normalized spacial score (nSPS) is 16.1. The first-order valence-electron chi connectivity index (χ1n) is 20.7. The maximum Gasteiger partial charge on any atom is 0.251 e. The highest BCUT2D eigenvalue weighted by atomic mass is 33.1. The van der Waals surface area contributed by atoms with Gasteiger partial charge in [0.15, 0.2) is 11.9 Å². The summed E-state index contributed by atoms with van der Waals surface area (Å²) >= 11 is 0. The van der Waals surface area contributed by atoms with Gasteiger partial charge < -0.3 is 20.4 Å². The fraction of sp³-hybridized carbons (Fsp3) is 0.300. The van der Waals surface area contributed by atoms with Crippen molar-refractivity contribution < 1.29 is 19.5 Å². The van der Waals surface area contributed by atoms with E-state index in [-0.39, 0.29) is 22.6 Å². The number of hydrogen-bond donors (Lipinski definition) is 3. The molecule has 4 aromatic carbocycles. The predicted octanol–water partition coefficient (Wildman–Crippen LogP) is 8.42. The molecule has 1 aromatic heterocycles. The molecule has 2 aliphatic rings. The zero-order valence-corrected chi connectivity index (χ0v) is 37.8. The number of hydrogen-bond acceptors (Lipinski definition) is 6. The monoisotopic (exact) mass is 838 g/mol. The highest BCUT2D eigenvalue weighted by Gasteiger charge is 2.44. The Bertz CT molecular complexity index is 2430. The van der Waals surface area contributed by atoms with E-state index < -0.39 is 0 Å². The molecule has 5 aromatic rings.